The minimum Gasteiger partial charge on any atom is -0.352 e. The van der Waals surface area contributed by atoms with Crippen LogP contribution in [0, 0.1) is 0 Å². The topological polar surface area (TPSA) is 49.8 Å². The molecule has 1 aromatic heterocycles. The third kappa shape index (κ3) is 4.57. The van der Waals surface area contributed by atoms with Gasteiger partial charge in [-0.1, -0.05) is 6.92 Å². The van der Waals surface area contributed by atoms with Crippen LogP contribution in [0.3, 0.4) is 0 Å². The Bertz CT molecular complexity index is 294. The lowest BCUT2D eigenvalue weighted by molar-refractivity contribution is 0.533. The van der Waals surface area contributed by atoms with Crippen molar-refractivity contribution in [3.8, 4) is 0 Å². The summed E-state index contributed by atoms with van der Waals surface area (Å²) in [6.45, 7) is 9.32. The Balaban J connectivity index is 2.45. The Morgan fingerprint density at radius 1 is 1.19 bits per heavy atom. The highest BCUT2D eigenvalue weighted by molar-refractivity contribution is 5.25. The molecule has 0 saturated heterocycles. The molecule has 0 aliphatic carbocycles. The summed E-state index contributed by atoms with van der Waals surface area (Å²) in [7, 11) is 0. The lowest BCUT2D eigenvalue weighted by Gasteiger charge is -2.11. The molecule has 1 heterocycles. The van der Waals surface area contributed by atoms with Crippen LogP contribution in [-0.4, -0.2) is 22.1 Å². The van der Waals surface area contributed by atoms with Crippen molar-refractivity contribution in [1.29, 1.82) is 0 Å². The summed E-state index contributed by atoms with van der Waals surface area (Å²) >= 11 is 0. The van der Waals surface area contributed by atoms with Gasteiger partial charge in [-0.3, -0.25) is 0 Å². The Kier molecular flexibility index (Phi) is 5.19. The fourth-order valence-corrected chi connectivity index (χ4v) is 1.22. The Morgan fingerprint density at radius 2 is 1.81 bits per heavy atom. The highest BCUT2D eigenvalue weighted by Gasteiger charge is 2.01. The number of hydrogen-bond donors (Lipinski definition) is 2. The second kappa shape index (κ2) is 6.43. The molecule has 1 atom stereocenters. The Labute approximate surface area is 97.9 Å². The van der Waals surface area contributed by atoms with E-state index in [1.807, 2.05) is 12.4 Å². The number of nitrogens with one attached hydrogen (secondary N) is 2. The van der Waals surface area contributed by atoms with Crippen molar-refractivity contribution >= 4 is 5.95 Å². The summed E-state index contributed by atoms with van der Waals surface area (Å²) in [6, 6.07) is 0.901. The number of rotatable bonds is 6. The summed E-state index contributed by atoms with van der Waals surface area (Å²) in [6.07, 6.45) is 4.87. The van der Waals surface area contributed by atoms with Crippen LogP contribution in [0.2, 0.25) is 0 Å². The van der Waals surface area contributed by atoms with E-state index in [9.17, 15) is 0 Å². The van der Waals surface area contributed by atoms with Crippen molar-refractivity contribution in [3.05, 3.63) is 18.0 Å². The second-order valence-electron chi connectivity index (χ2n) is 4.40. The van der Waals surface area contributed by atoms with Gasteiger partial charge in [0, 0.05) is 36.6 Å². The second-order valence-corrected chi connectivity index (χ2v) is 4.40. The van der Waals surface area contributed by atoms with E-state index in [1.54, 1.807) is 0 Å². The third-order valence-corrected chi connectivity index (χ3v) is 2.39. The molecule has 0 bridgehead atoms. The van der Waals surface area contributed by atoms with Crippen LogP contribution in [0.15, 0.2) is 12.4 Å². The van der Waals surface area contributed by atoms with Crippen LogP contribution in [0.4, 0.5) is 5.95 Å². The average Bonchev–Trinajstić information content (AvgIpc) is 2.27. The first-order chi connectivity index (χ1) is 7.61. The van der Waals surface area contributed by atoms with Gasteiger partial charge >= 0.3 is 0 Å². The minimum absolute atomic E-state index is 0.365. The van der Waals surface area contributed by atoms with Gasteiger partial charge in [0.1, 0.15) is 0 Å². The van der Waals surface area contributed by atoms with E-state index in [2.05, 4.69) is 48.3 Å². The Hall–Kier alpha value is -1.16. The maximum atomic E-state index is 4.26. The van der Waals surface area contributed by atoms with Gasteiger partial charge in [-0.2, -0.15) is 0 Å². The van der Waals surface area contributed by atoms with E-state index in [0.717, 1.165) is 18.5 Å². The summed E-state index contributed by atoms with van der Waals surface area (Å²) in [5, 5.41) is 6.57. The van der Waals surface area contributed by atoms with Crippen LogP contribution in [-0.2, 0) is 6.54 Å². The molecule has 4 nitrogen and oxygen atoms in total. The molecule has 1 unspecified atom stereocenters. The average molecular weight is 222 g/mol. The molecule has 1 aromatic rings. The van der Waals surface area contributed by atoms with E-state index in [0.29, 0.717) is 18.0 Å². The molecule has 0 amide bonds. The molecule has 0 aliphatic rings. The number of anilines is 1. The van der Waals surface area contributed by atoms with E-state index in [-0.39, 0.29) is 0 Å². The number of aromatic nitrogens is 2. The molecule has 0 aromatic carbocycles. The third-order valence-electron chi connectivity index (χ3n) is 2.39. The molecule has 0 aliphatic heterocycles. The van der Waals surface area contributed by atoms with Crippen molar-refractivity contribution in [3.63, 3.8) is 0 Å². The lowest BCUT2D eigenvalue weighted by Crippen LogP contribution is -2.24. The predicted octanol–water partition coefficient (Wildman–Crippen LogP) is 2.18. The zero-order chi connectivity index (χ0) is 12.0. The summed E-state index contributed by atoms with van der Waals surface area (Å²) < 4.78 is 0. The van der Waals surface area contributed by atoms with Gasteiger partial charge in [0.2, 0.25) is 5.95 Å². The zero-order valence-corrected chi connectivity index (χ0v) is 10.6. The molecule has 0 fully saturated rings. The first kappa shape index (κ1) is 12.9. The first-order valence-electron chi connectivity index (χ1n) is 5.92. The molecule has 2 N–H and O–H groups in total. The molecule has 0 spiro atoms. The van der Waals surface area contributed by atoms with E-state index < -0.39 is 0 Å². The molecular weight excluding hydrogens is 200 g/mol. The maximum absolute atomic E-state index is 4.26. The smallest absolute Gasteiger partial charge is 0.222 e. The maximum Gasteiger partial charge on any atom is 0.222 e. The normalized spacial score (nSPS) is 12.8. The van der Waals surface area contributed by atoms with Gasteiger partial charge in [0.05, 0.1) is 0 Å². The van der Waals surface area contributed by atoms with Crippen molar-refractivity contribution in [2.75, 3.05) is 5.32 Å². The standard InChI is InChI=1S/C12H22N4/c1-5-10(4)13-6-11-7-14-12(15-8-11)16-9(2)3/h7-10,13H,5-6H2,1-4H3,(H,14,15,16). The van der Waals surface area contributed by atoms with Crippen molar-refractivity contribution < 1.29 is 0 Å². The van der Waals surface area contributed by atoms with Gasteiger partial charge in [0.25, 0.3) is 0 Å². The lowest BCUT2D eigenvalue weighted by atomic mass is 10.2. The molecule has 0 radical (unpaired) electrons. The van der Waals surface area contributed by atoms with Crippen LogP contribution >= 0.6 is 0 Å². The van der Waals surface area contributed by atoms with Crippen LogP contribution in [0.25, 0.3) is 0 Å². The minimum atomic E-state index is 0.365. The predicted molar refractivity (Wildman–Crippen MR) is 67.4 cm³/mol. The van der Waals surface area contributed by atoms with Gasteiger partial charge < -0.3 is 10.6 Å². The van der Waals surface area contributed by atoms with Gasteiger partial charge in [-0.15, -0.1) is 0 Å². The number of nitrogens with zero attached hydrogens (tertiary/aromatic N) is 2. The fraction of sp³-hybridized carbons (Fsp3) is 0.667. The molecule has 4 heteroatoms. The monoisotopic (exact) mass is 222 g/mol. The van der Waals surface area contributed by atoms with Crippen molar-refractivity contribution in [1.82, 2.24) is 15.3 Å². The van der Waals surface area contributed by atoms with Gasteiger partial charge in [-0.05, 0) is 27.2 Å². The molecule has 90 valence electrons. The first-order valence-corrected chi connectivity index (χ1v) is 5.92. The summed E-state index contributed by atoms with van der Waals surface area (Å²) in [4.78, 5) is 8.52. The molecule has 0 saturated carbocycles. The van der Waals surface area contributed by atoms with Gasteiger partial charge in [-0.25, -0.2) is 9.97 Å². The SMILES string of the molecule is CCC(C)NCc1cnc(NC(C)C)nc1. The molecule has 1 rings (SSSR count). The quantitative estimate of drug-likeness (QED) is 0.774. The Morgan fingerprint density at radius 3 is 2.31 bits per heavy atom. The van der Waals surface area contributed by atoms with Crippen molar-refractivity contribution in [2.45, 2.75) is 52.7 Å². The molecule has 16 heavy (non-hydrogen) atoms. The largest absolute Gasteiger partial charge is 0.352 e. The zero-order valence-electron chi connectivity index (χ0n) is 10.6. The molecular formula is C12H22N4. The van der Waals surface area contributed by atoms with Crippen LogP contribution in [0.1, 0.15) is 39.7 Å². The van der Waals surface area contributed by atoms with E-state index in [4.69, 9.17) is 0 Å². The van der Waals surface area contributed by atoms with Crippen LogP contribution < -0.4 is 10.6 Å². The highest BCUT2D eigenvalue weighted by atomic mass is 15.1. The van der Waals surface area contributed by atoms with Crippen molar-refractivity contribution in [2.24, 2.45) is 0 Å². The number of hydrogen-bond acceptors (Lipinski definition) is 4. The van der Waals surface area contributed by atoms with E-state index >= 15 is 0 Å². The fourth-order valence-electron chi connectivity index (χ4n) is 1.22. The highest BCUT2D eigenvalue weighted by Crippen LogP contribution is 2.02. The van der Waals surface area contributed by atoms with Gasteiger partial charge in [0.15, 0.2) is 0 Å². The summed E-state index contributed by atoms with van der Waals surface area (Å²) in [5.41, 5.74) is 1.12. The van der Waals surface area contributed by atoms with Crippen LogP contribution in [0.5, 0.6) is 0 Å². The van der Waals surface area contributed by atoms with E-state index in [1.165, 1.54) is 0 Å². The summed E-state index contributed by atoms with van der Waals surface area (Å²) in [5.74, 6) is 0.697.